The number of likely N-dealkylation sites (tertiary alicyclic amines) is 1. The summed E-state index contributed by atoms with van der Waals surface area (Å²) in [5, 5.41) is 4.59. The molecule has 2 fully saturated rings. The van der Waals surface area contributed by atoms with Gasteiger partial charge in [0.05, 0.1) is 23.2 Å². The highest BCUT2D eigenvalue weighted by Gasteiger charge is 2.41. The van der Waals surface area contributed by atoms with Crippen molar-refractivity contribution in [3.63, 3.8) is 0 Å². The third-order valence-corrected chi connectivity index (χ3v) is 13.4. The monoisotopic (exact) mass is 800 g/mol. The van der Waals surface area contributed by atoms with Crippen molar-refractivity contribution in [2.75, 3.05) is 45.8 Å². The predicted octanol–water partition coefficient (Wildman–Crippen LogP) is 2.11. The van der Waals surface area contributed by atoms with Gasteiger partial charge < -0.3 is 20.9 Å². The van der Waals surface area contributed by atoms with E-state index in [0.717, 1.165) is 49.3 Å². The first-order valence-corrected chi connectivity index (χ1v) is 22.0. The number of hydrogen-bond acceptors (Lipinski definition) is 11. The van der Waals surface area contributed by atoms with Crippen LogP contribution in [-0.4, -0.2) is 117 Å². The number of aromatic nitrogens is 1. The molecule has 0 unspecified atom stereocenters. The van der Waals surface area contributed by atoms with Gasteiger partial charge >= 0.3 is 0 Å². The summed E-state index contributed by atoms with van der Waals surface area (Å²) < 4.78 is 56.3. The summed E-state index contributed by atoms with van der Waals surface area (Å²) in [6.07, 6.45) is 5.40. The lowest BCUT2D eigenvalue weighted by molar-refractivity contribution is -0.142. The van der Waals surface area contributed by atoms with Crippen LogP contribution in [0.1, 0.15) is 59.5 Å². The Morgan fingerprint density at radius 1 is 1.00 bits per heavy atom. The van der Waals surface area contributed by atoms with Gasteiger partial charge in [-0.15, -0.1) is 11.3 Å². The van der Waals surface area contributed by atoms with Crippen molar-refractivity contribution in [1.29, 1.82) is 0 Å². The first-order valence-electron chi connectivity index (χ1n) is 18.0. The molecule has 3 heterocycles. The van der Waals surface area contributed by atoms with Crippen LogP contribution in [0.5, 0.6) is 0 Å². The zero-order valence-corrected chi connectivity index (χ0v) is 32.8. The Kier molecular flexibility index (Phi) is 14.3. The third-order valence-electron chi connectivity index (χ3n) is 9.38. The fraction of sp³-hybridized carbons (Fsp3) is 0.472. The summed E-state index contributed by atoms with van der Waals surface area (Å²) in [6.45, 7) is 3.91. The number of hydrogen-bond donors (Lipinski definition) is 3. The summed E-state index contributed by atoms with van der Waals surface area (Å²) in [6, 6.07) is 13.1. The van der Waals surface area contributed by atoms with E-state index in [1.165, 1.54) is 27.5 Å². The minimum Gasteiger partial charge on any atom is -0.369 e. The first kappa shape index (κ1) is 40.9. The van der Waals surface area contributed by atoms with Gasteiger partial charge in [-0.2, -0.15) is 4.31 Å². The lowest BCUT2D eigenvalue weighted by Gasteiger charge is -2.40. The highest BCUT2D eigenvalue weighted by atomic mass is 32.2. The number of piperidine rings is 1. The van der Waals surface area contributed by atoms with E-state index in [9.17, 15) is 31.2 Å². The van der Waals surface area contributed by atoms with Crippen LogP contribution in [0, 0.1) is 6.92 Å². The van der Waals surface area contributed by atoms with Gasteiger partial charge in [0, 0.05) is 37.8 Å². The van der Waals surface area contributed by atoms with Crippen LogP contribution in [-0.2, 0) is 35.4 Å². The molecule has 54 heavy (non-hydrogen) atoms. The summed E-state index contributed by atoms with van der Waals surface area (Å²) in [7, 11) is -7.81. The molecule has 2 amide bonds. The SMILES string of the molecule is Cc1ccc(S(=O)(=O)NC(N)=NCCC[C@H](NC(=O)CN2CCN(S(=O)(=O)Cc3ccccc3)[C@@H](CCN3CCCCC3)C2=O)C(=O)c2nccs2)cc1. The van der Waals surface area contributed by atoms with E-state index in [1.54, 1.807) is 41.8 Å². The number of Topliss-reactive ketones (excluding diaryl/α,β-unsaturated/α-hetero) is 1. The van der Waals surface area contributed by atoms with Crippen LogP contribution in [0.2, 0.25) is 0 Å². The van der Waals surface area contributed by atoms with Gasteiger partial charge in [0.15, 0.2) is 5.01 Å². The number of aliphatic imine (C=N–C) groups is 1. The maximum Gasteiger partial charge on any atom is 0.264 e. The molecular formula is C36H48N8O7S3. The molecule has 0 spiro atoms. The number of thiazole rings is 1. The highest BCUT2D eigenvalue weighted by molar-refractivity contribution is 7.90. The number of sulfonamides is 2. The van der Waals surface area contributed by atoms with Crippen molar-refractivity contribution >= 4 is 54.9 Å². The predicted molar refractivity (Wildman–Crippen MR) is 207 cm³/mol. The summed E-state index contributed by atoms with van der Waals surface area (Å²) in [5.41, 5.74) is 7.38. The quantitative estimate of drug-likeness (QED) is 0.0785. The van der Waals surface area contributed by atoms with Gasteiger partial charge in [-0.25, -0.2) is 26.5 Å². The summed E-state index contributed by atoms with van der Waals surface area (Å²) in [5.74, 6) is -2.01. The second kappa shape index (κ2) is 18.9. The van der Waals surface area contributed by atoms with Gasteiger partial charge in [0.25, 0.3) is 10.0 Å². The molecule has 0 bridgehead atoms. The third kappa shape index (κ3) is 11.4. The molecule has 2 aliphatic rings. The number of piperazine rings is 1. The fourth-order valence-corrected chi connectivity index (χ4v) is 9.86. The highest BCUT2D eigenvalue weighted by Crippen LogP contribution is 2.23. The lowest BCUT2D eigenvalue weighted by Crippen LogP contribution is -2.61. The molecule has 4 N–H and O–H groups in total. The Morgan fingerprint density at radius 3 is 2.41 bits per heavy atom. The van der Waals surface area contributed by atoms with E-state index >= 15 is 0 Å². The molecule has 0 saturated carbocycles. The Bertz CT molecular complexity index is 1970. The zero-order valence-electron chi connectivity index (χ0n) is 30.3. The van der Waals surface area contributed by atoms with Gasteiger partial charge in [-0.1, -0.05) is 54.4 Å². The molecule has 2 saturated heterocycles. The molecule has 1 aromatic heterocycles. The standard InChI is InChI=1S/C36H48N8O7S3/c1-27-12-14-29(15-13-27)54(50,51)41-36(37)39-17-8-11-30(33(46)34-38-18-24-52-34)40-32(45)25-43-22-23-44(53(48,49)26-28-9-4-2-5-10-28)31(35(43)47)16-21-42-19-6-3-7-20-42/h2,4-5,9-10,12-15,18,24,30-31H,3,6-8,11,16-17,19-23,25-26H2,1H3,(H,40,45)(H3,37,39,41)/t30-,31-/m0/s1. The molecule has 292 valence electrons. The van der Waals surface area contributed by atoms with E-state index in [0.29, 0.717) is 18.5 Å². The average Bonchev–Trinajstić information content (AvgIpc) is 3.69. The second-order valence-corrected chi connectivity index (χ2v) is 18.0. The Morgan fingerprint density at radius 2 is 1.72 bits per heavy atom. The van der Waals surface area contributed by atoms with Gasteiger partial charge in [-0.3, -0.25) is 19.4 Å². The Hall–Kier alpha value is -4.23. The van der Waals surface area contributed by atoms with E-state index in [4.69, 9.17) is 5.73 Å². The zero-order chi connectivity index (χ0) is 38.7. The van der Waals surface area contributed by atoms with Crippen molar-refractivity contribution in [2.45, 2.75) is 68.2 Å². The molecule has 3 aromatic rings. The van der Waals surface area contributed by atoms with Crippen molar-refractivity contribution in [3.05, 3.63) is 82.3 Å². The molecule has 15 nitrogen and oxygen atoms in total. The minimum absolute atomic E-state index is 0.0120. The summed E-state index contributed by atoms with van der Waals surface area (Å²) >= 11 is 1.12. The number of benzene rings is 2. The van der Waals surface area contributed by atoms with E-state index in [1.807, 2.05) is 13.0 Å². The first-order chi connectivity index (χ1) is 25.8. The molecule has 0 aliphatic carbocycles. The molecule has 2 atom stereocenters. The number of nitrogens with two attached hydrogens (primary N) is 1. The number of nitrogens with one attached hydrogen (secondary N) is 2. The van der Waals surface area contributed by atoms with Crippen molar-refractivity contribution in [2.24, 2.45) is 10.7 Å². The lowest BCUT2D eigenvalue weighted by atomic mass is 10.1. The molecule has 18 heteroatoms. The summed E-state index contributed by atoms with van der Waals surface area (Å²) in [4.78, 5) is 52.7. The number of ketones is 1. The Labute approximate surface area is 321 Å². The molecule has 2 aromatic carbocycles. The van der Waals surface area contributed by atoms with Crippen LogP contribution < -0.4 is 15.8 Å². The number of rotatable bonds is 17. The van der Waals surface area contributed by atoms with E-state index in [-0.39, 0.29) is 60.6 Å². The van der Waals surface area contributed by atoms with Crippen LogP contribution in [0.15, 0.2) is 76.1 Å². The molecular weight excluding hydrogens is 753 g/mol. The van der Waals surface area contributed by atoms with Gasteiger partial charge in [0.1, 0.15) is 6.04 Å². The smallest absolute Gasteiger partial charge is 0.264 e. The number of amides is 2. The van der Waals surface area contributed by atoms with Crippen LogP contribution in [0.3, 0.4) is 0 Å². The van der Waals surface area contributed by atoms with Gasteiger partial charge in [0.2, 0.25) is 33.6 Å². The molecule has 0 radical (unpaired) electrons. The van der Waals surface area contributed by atoms with Crippen molar-refractivity contribution < 1.29 is 31.2 Å². The van der Waals surface area contributed by atoms with Gasteiger partial charge in [-0.05, 0) is 69.8 Å². The maximum absolute atomic E-state index is 14.0. The van der Waals surface area contributed by atoms with Crippen molar-refractivity contribution in [1.82, 2.24) is 29.1 Å². The largest absolute Gasteiger partial charge is 0.369 e. The molecule has 2 aliphatic heterocycles. The number of guanidine groups is 1. The van der Waals surface area contributed by atoms with E-state index < -0.39 is 49.7 Å². The Balaban J connectivity index is 1.22. The fourth-order valence-electron chi connectivity index (χ4n) is 6.55. The van der Waals surface area contributed by atoms with Crippen LogP contribution in [0.25, 0.3) is 0 Å². The van der Waals surface area contributed by atoms with E-state index in [2.05, 4.69) is 24.9 Å². The average molecular weight is 801 g/mol. The topological polar surface area (TPSA) is 205 Å². The minimum atomic E-state index is -3.94. The van der Waals surface area contributed by atoms with Crippen LogP contribution in [0.4, 0.5) is 0 Å². The van der Waals surface area contributed by atoms with Crippen LogP contribution >= 0.6 is 11.3 Å². The normalized spacial score (nSPS) is 18.3. The molecule has 5 rings (SSSR count). The number of carbonyl (C=O) groups is 3. The number of nitrogens with zero attached hydrogens (tertiary/aromatic N) is 5. The maximum atomic E-state index is 14.0. The second-order valence-electron chi connectivity index (χ2n) is 13.5. The number of aryl methyl sites for hydroxylation is 1. The number of carbonyl (C=O) groups excluding carboxylic acids is 3. The van der Waals surface area contributed by atoms with Crippen molar-refractivity contribution in [3.8, 4) is 0 Å².